The van der Waals surface area contributed by atoms with Crippen molar-refractivity contribution in [3.8, 4) is 0 Å². The van der Waals surface area contributed by atoms with Gasteiger partial charge in [-0.2, -0.15) is 0 Å². The number of ether oxygens (including phenoxy) is 1. The Morgan fingerprint density at radius 2 is 2.32 bits per heavy atom. The lowest BCUT2D eigenvalue weighted by molar-refractivity contribution is -0.122. The number of hydrogen-bond donors (Lipinski definition) is 1. The highest BCUT2D eigenvalue weighted by Crippen LogP contribution is 2.14. The molecule has 1 aliphatic rings. The van der Waals surface area contributed by atoms with E-state index in [-0.39, 0.29) is 36.7 Å². The molecule has 1 fully saturated rings. The van der Waals surface area contributed by atoms with E-state index in [2.05, 4.69) is 5.32 Å². The maximum absolute atomic E-state index is 11.8. The van der Waals surface area contributed by atoms with Gasteiger partial charge in [0.25, 0.3) is 0 Å². The van der Waals surface area contributed by atoms with Gasteiger partial charge in [0.2, 0.25) is 5.91 Å². The van der Waals surface area contributed by atoms with Crippen molar-refractivity contribution in [3.05, 3.63) is 22.4 Å². The first-order valence-electron chi connectivity index (χ1n) is 6.63. The number of thiophene rings is 1. The van der Waals surface area contributed by atoms with Gasteiger partial charge < -0.3 is 10.1 Å². The van der Waals surface area contributed by atoms with E-state index in [0.717, 1.165) is 17.7 Å². The molecule has 0 radical (unpaired) electrons. The number of nitrogens with one attached hydrogen (secondary N) is 1. The molecule has 4 nitrogen and oxygen atoms in total. The summed E-state index contributed by atoms with van der Waals surface area (Å²) in [6.07, 6.45) is 2.46. The molecule has 1 saturated heterocycles. The van der Waals surface area contributed by atoms with Crippen LogP contribution in [0.15, 0.2) is 17.5 Å². The summed E-state index contributed by atoms with van der Waals surface area (Å²) in [4.78, 5) is 24.3. The zero-order chi connectivity index (χ0) is 13.7. The molecule has 19 heavy (non-hydrogen) atoms. The van der Waals surface area contributed by atoms with E-state index < -0.39 is 0 Å². The Bertz CT molecular complexity index is 430. The van der Waals surface area contributed by atoms with Crippen LogP contribution in [0.1, 0.15) is 42.3 Å². The summed E-state index contributed by atoms with van der Waals surface area (Å²) in [6.45, 7) is 2.71. The van der Waals surface area contributed by atoms with Gasteiger partial charge in [-0.1, -0.05) is 6.07 Å². The quantitative estimate of drug-likeness (QED) is 0.843. The Balaban J connectivity index is 1.71. The van der Waals surface area contributed by atoms with E-state index in [9.17, 15) is 9.59 Å². The summed E-state index contributed by atoms with van der Waals surface area (Å²) in [7, 11) is 0. The third-order valence-corrected chi connectivity index (χ3v) is 4.14. The Morgan fingerprint density at radius 1 is 1.47 bits per heavy atom. The predicted octanol–water partition coefficient (Wildman–Crippen LogP) is 2.39. The fraction of sp³-hybridized carbons (Fsp3) is 0.571. The largest absolute Gasteiger partial charge is 0.378 e. The average molecular weight is 281 g/mol. The van der Waals surface area contributed by atoms with Gasteiger partial charge in [0.1, 0.15) is 0 Å². The lowest BCUT2D eigenvalue weighted by Crippen LogP contribution is -2.41. The van der Waals surface area contributed by atoms with Crippen LogP contribution < -0.4 is 5.32 Å². The minimum atomic E-state index is -0.0380. The van der Waals surface area contributed by atoms with E-state index in [1.807, 2.05) is 18.4 Å². The number of amides is 1. The Kier molecular flexibility index (Phi) is 5.10. The highest BCUT2D eigenvalue weighted by Gasteiger charge is 2.21. The van der Waals surface area contributed by atoms with Crippen LogP contribution in [0.25, 0.3) is 0 Å². The maximum atomic E-state index is 11.8. The molecule has 0 aliphatic carbocycles. The van der Waals surface area contributed by atoms with Crippen LogP contribution >= 0.6 is 11.3 Å². The van der Waals surface area contributed by atoms with Crippen LogP contribution in [-0.2, 0) is 9.53 Å². The summed E-state index contributed by atoms with van der Waals surface area (Å²) in [5, 5.41) is 4.85. The van der Waals surface area contributed by atoms with Gasteiger partial charge in [-0.15, -0.1) is 11.3 Å². The molecule has 5 heteroatoms. The second kappa shape index (κ2) is 6.82. The average Bonchev–Trinajstić information content (AvgIpc) is 2.90. The third-order valence-electron chi connectivity index (χ3n) is 3.23. The highest BCUT2D eigenvalue weighted by atomic mass is 32.1. The molecule has 0 unspecified atom stereocenters. The molecule has 0 spiro atoms. The minimum absolute atomic E-state index is 0.0380. The van der Waals surface area contributed by atoms with E-state index in [4.69, 9.17) is 4.74 Å². The molecule has 1 N–H and O–H groups in total. The van der Waals surface area contributed by atoms with Crippen LogP contribution in [0.4, 0.5) is 0 Å². The fourth-order valence-electron chi connectivity index (χ4n) is 2.22. The van der Waals surface area contributed by atoms with Gasteiger partial charge in [-0.05, 0) is 31.2 Å². The SMILES string of the molecule is C[C@@H]1C[C@H](NC(=O)CCC(=O)c2cccs2)CCO1. The zero-order valence-electron chi connectivity index (χ0n) is 11.1. The van der Waals surface area contributed by atoms with Crippen molar-refractivity contribution in [2.24, 2.45) is 0 Å². The van der Waals surface area contributed by atoms with Crippen molar-refractivity contribution in [1.82, 2.24) is 5.32 Å². The van der Waals surface area contributed by atoms with Gasteiger partial charge in [-0.3, -0.25) is 9.59 Å². The van der Waals surface area contributed by atoms with Crippen molar-refractivity contribution in [3.63, 3.8) is 0 Å². The molecule has 2 rings (SSSR count). The Morgan fingerprint density at radius 3 is 3.00 bits per heavy atom. The predicted molar refractivity (Wildman–Crippen MR) is 74.5 cm³/mol. The van der Waals surface area contributed by atoms with E-state index in [0.29, 0.717) is 6.61 Å². The van der Waals surface area contributed by atoms with Crippen LogP contribution in [0.2, 0.25) is 0 Å². The first-order valence-corrected chi connectivity index (χ1v) is 7.51. The van der Waals surface area contributed by atoms with E-state index in [1.54, 1.807) is 6.07 Å². The van der Waals surface area contributed by atoms with Gasteiger partial charge in [0, 0.05) is 25.5 Å². The molecule has 1 amide bonds. The highest BCUT2D eigenvalue weighted by molar-refractivity contribution is 7.12. The first kappa shape index (κ1) is 14.2. The van der Waals surface area contributed by atoms with Crippen LogP contribution in [0.5, 0.6) is 0 Å². The smallest absolute Gasteiger partial charge is 0.220 e. The molecule has 1 aliphatic heterocycles. The van der Waals surface area contributed by atoms with Crippen molar-refractivity contribution >= 4 is 23.0 Å². The molecule has 0 bridgehead atoms. The third kappa shape index (κ3) is 4.44. The Labute approximate surface area is 117 Å². The van der Waals surface area contributed by atoms with Crippen molar-refractivity contribution in [2.45, 2.75) is 44.8 Å². The Hall–Kier alpha value is -1.20. The lowest BCUT2D eigenvalue weighted by Gasteiger charge is -2.27. The second-order valence-electron chi connectivity index (χ2n) is 4.87. The standard InChI is InChI=1S/C14H19NO3S/c1-10-9-11(6-7-18-10)15-14(17)5-4-12(16)13-3-2-8-19-13/h2-3,8,10-11H,4-7,9H2,1H3,(H,15,17)/t10-,11-/m1/s1. The van der Waals surface area contributed by atoms with E-state index >= 15 is 0 Å². The number of ketones is 1. The molecule has 2 atom stereocenters. The molecule has 0 aromatic carbocycles. The van der Waals surface area contributed by atoms with Crippen molar-refractivity contribution in [2.75, 3.05) is 6.61 Å². The van der Waals surface area contributed by atoms with Crippen LogP contribution in [-0.4, -0.2) is 30.4 Å². The summed E-state index contributed by atoms with van der Waals surface area (Å²) in [6, 6.07) is 3.83. The normalized spacial score (nSPS) is 23.0. The maximum Gasteiger partial charge on any atom is 0.220 e. The van der Waals surface area contributed by atoms with Crippen LogP contribution in [0, 0.1) is 0 Å². The summed E-state index contributed by atoms with van der Waals surface area (Å²) < 4.78 is 5.43. The molecular weight excluding hydrogens is 262 g/mol. The van der Waals surface area contributed by atoms with Gasteiger partial charge in [-0.25, -0.2) is 0 Å². The first-order chi connectivity index (χ1) is 9.15. The number of hydrogen-bond acceptors (Lipinski definition) is 4. The topological polar surface area (TPSA) is 55.4 Å². The molecule has 1 aromatic heterocycles. The zero-order valence-corrected chi connectivity index (χ0v) is 11.9. The number of Topliss-reactive ketones (excluding diaryl/α,β-unsaturated/α-hetero) is 1. The van der Waals surface area contributed by atoms with Gasteiger partial charge in [0.05, 0.1) is 11.0 Å². The summed E-state index contributed by atoms with van der Waals surface area (Å²) in [5.74, 6) is 0.00880. The van der Waals surface area contributed by atoms with Crippen LogP contribution in [0.3, 0.4) is 0 Å². The molecule has 2 heterocycles. The van der Waals surface area contributed by atoms with Gasteiger partial charge in [0.15, 0.2) is 5.78 Å². The monoisotopic (exact) mass is 281 g/mol. The van der Waals surface area contributed by atoms with Crippen molar-refractivity contribution < 1.29 is 14.3 Å². The molecular formula is C14H19NO3S. The summed E-state index contributed by atoms with van der Waals surface area (Å²) >= 11 is 1.42. The van der Waals surface area contributed by atoms with Crippen molar-refractivity contribution in [1.29, 1.82) is 0 Å². The summed E-state index contributed by atoms with van der Waals surface area (Å²) in [5.41, 5.74) is 0. The number of carbonyl (C=O) groups is 2. The number of rotatable bonds is 5. The minimum Gasteiger partial charge on any atom is -0.378 e. The molecule has 0 saturated carbocycles. The number of carbonyl (C=O) groups excluding carboxylic acids is 2. The fourth-order valence-corrected chi connectivity index (χ4v) is 2.91. The van der Waals surface area contributed by atoms with Gasteiger partial charge >= 0.3 is 0 Å². The lowest BCUT2D eigenvalue weighted by atomic mass is 10.0. The molecule has 1 aromatic rings. The second-order valence-corrected chi connectivity index (χ2v) is 5.82. The van der Waals surface area contributed by atoms with E-state index in [1.165, 1.54) is 11.3 Å². The molecule has 104 valence electrons.